The van der Waals surface area contributed by atoms with Crippen molar-refractivity contribution >= 4 is 12.0 Å². The molecule has 1 aliphatic carbocycles. The van der Waals surface area contributed by atoms with E-state index >= 15 is 0 Å². The molecule has 0 saturated heterocycles. The van der Waals surface area contributed by atoms with E-state index in [1.165, 1.54) is 0 Å². The number of nitrogens with one attached hydrogen (secondary N) is 2. The zero-order valence-corrected chi connectivity index (χ0v) is 12.3. The predicted molar refractivity (Wildman–Crippen MR) is 80.1 cm³/mol. The topological polar surface area (TPSA) is 78.4 Å². The minimum Gasteiger partial charge on any atom is -0.480 e. The highest BCUT2D eigenvalue weighted by molar-refractivity contribution is 5.82. The van der Waals surface area contributed by atoms with E-state index in [9.17, 15) is 14.7 Å². The fourth-order valence-corrected chi connectivity index (χ4v) is 2.36. The number of urea groups is 1. The van der Waals surface area contributed by atoms with Crippen molar-refractivity contribution in [2.75, 3.05) is 6.54 Å². The molecule has 0 spiro atoms. The number of aliphatic carboxylic acids is 1. The van der Waals surface area contributed by atoms with Gasteiger partial charge in [-0.15, -0.1) is 0 Å². The first-order valence-electron chi connectivity index (χ1n) is 7.36. The zero-order chi connectivity index (χ0) is 15.3. The molecule has 1 atom stereocenters. The van der Waals surface area contributed by atoms with Crippen LogP contribution < -0.4 is 10.6 Å². The van der Waals surface area contributed by atoms with E-state index in [1.807, 2.05) is 30.3 Å². The number of hydrogen-bond donors (Lipinski definition) is 3. The molecule has 1 aromatic rings. The van der Waals surface area contributed by atoms with Crippen molar-refractivity contribution in [2.45, 2.75) is 38.6 Å². The average molecular weight is 290 g/mol. The maximum absolute atomic E-state index is 11.9. The van der Waals surface area contributed by atoms with Gasteiger partial charge in [0.2, 0.25) is 0 Å². The normalized spacial score (nSPS) is 16.8. The van der Waals surface area contributed by atoms with E-state index in [2.05, 4.69) is 17.6 Å². The number of amides is 2. The molecule has 0 aromatic heterocycles. The van der Waals surface area contributed by atoms with Gasteiger partial charge in [0.25, 0.3) is 0 Å². The van der Waals surface area contributed by atoms with Gasteiger partial charge in [0.05, 0.1) is 0 Å². The van der Waals surface area contributed by atoms with Crippen molar-refractivity contribution in [3.63, 3.8) is 0 Å². The first-order chi connectivity index (χ1) is 10.0. The standard InChI is InChI=1S/C16H22N2O3/c1-2-16(8-9-16)11-17-15(21)18-13(14(19)20)10-12-6-4-3-5-7-12/h3-7,13H,2,8-11H2,1H3,(H,19,20)(H2,17,18,21)/t13-/m1/s1. The Hall–Kier alpha value is -2.04. The summed E-state index contributed by atoms with van der Waals surface area (Å²) in [6, 6.07) is 7.97. The van der Waals surface area contributed by atoms with Gasteiger partial charge in [0.15, 0.2) is 0 Å². The quantitative estimate of drug-likeness (QED) is 0.720. The van der Waals surface area contributed by atoms with E-state index in [-0.39, 0.29) is 11.8 Å². The molecule has 21 heavy (non-hydrogen) atoms. The molecule has 0 aliphatic heterocycles. The van der Waals surface area contributed by atoms with Crippen LogP contribution >= 0.6 is 0 Å². The van der Waals surface area contributed by atoms with Crippen LogP contribution in [-0.4, -0.2) is 29.7 Å². The fraction of sp³-hybridized carbons (Fsp3) is 0.500. The van der Waals surface area contributed by atoms with Gasteiger partial charge in [0, 0.05) is 13.0 Å². The van der Waals surface area contributed by atoms with Gasteiger partial charge >= 0.3 is 12.0 Å². The van der Waals surface area contributed by atoms with Gasteiger partial charge in [-0.2, -0.15) is 0 Å². The molecule has 114 valence electrons. The van der Waals surface area contributed by atoms with Gasteiger partial charge in [-0.25, -0.2) is 9.59 Å². The number of benzene rings is 1. The Bertz CT molecular complexity index is 498. The van der Waals surface area contributed by atoms with Crippen LogP contribution in [0, 0.1) is 5.41 Å². The van der Waals surface area contributed by atoms with Crippen LogP contribution in [0.1, 0.15) is 31.7 Å². The molecule has 1 fully saturated rings. The molecule has 2 rings (SSSR count). The van der Waals surface area contributed by atoms with Crippen LogP contribution in [-0.2, 0) is 11.2 Å². The lowest BCUT2D eigenvalue weighted by Crippen LogP contribution is -2.48. The Morgan fingerprint density at radius 1 is 1.29 bits per heavy atom. The SMILES string of the molecule is CCC1(CNC(=O)N[C@H](Cc2ccccc2)C(=O)O)CC1. The Morgan fingerprint density at radius 2 is 1.95 bits per heavy atom. The predicted octanol–water partition coefficient (Wildman–Crippen LogP) is 2.17. The number of carbonyl (C=O) groups is 2. The summed E-state index contributed by atoms with van der Waals surface area (Å²) < 4.78 is 0. The first kappa shape index (κ1) is 15.4. The van der Waals surface area contributed by atoms with Gasteiger partial charge in [-0.1, -0.05) is 37.3 Å². The summed E-state index contributed by atoms with van der Waals surface area (Å²) >= 11 is 0. The highest BCUT2D eigenvalue weighted by Gasteiger charge is 2.40. The second-order valence-electron chi connectivity index (χ2n) is 5.76. The molecule has 0 unspecified atom stereocenters. The Kier molecular flexibility index (Phi) is 4.83. The Morgan fingerprint density at radius 3 is 2.48 bits per heavy atom. The van der Waals surface area contributed by atoms with Crippen LogP contribution in [0.4, 0.5) is 4.79 Å². The average Bonchev–Trinajstić information content (AvgIpc) is 3.26. The third kappa shape index (κ3) is 4.48. The molecular formula is C16H22N2O3. The molecule has 2 amide bonds. The monoisotopic (exact) mass is 290 g/mol. The van der Waals surface area contributed by atoms with Crippen LogP contribution in [0.15, 0.2) is 30.3 Å². The first-order valence-corrected chi connectivity index (χ1v) is 7.36. The second kappa shape index (κ2) is 6.61. The second-order valence-corrected chi connectivity index (χ2v) is 5.76. The van der Waals surface area contributed by atoms with E-state index in [1.54, 1.807) is 0 Å². The van der Waals surface area contributed by atoms with Crippen LogP contribution in [0.2, 0.25) is 0 Å². The van der Waals surface area contributed by atoms with Crippen molar-refractivity contribution in [3.05, 3.63) is 35.9 Å². The van der Waals surface area contributed by atoms with E-state index < -0.39 is 18.0 Å². The lowest BCUT2D eigenvalue weighted by molar-refractivity contribution is -0.139. The lowest BCUT2D eigenvalue weighted by Gasteiger charge is -2.17. The molecule has 0 bridgehead atoms. The van der Waals surface area contributed by atoms with E-state index in [0.717, 1.165) is 24.8 Å². The summed E-state index contributed by atoms with van der Waals surface area (Å²) in [6.45, 7) is 2.73. The highest BCUT2D eigenvalue weighted by Crippen LogP contribution is 2.47. The zero-order valence-electron chi connectivity index (χ0n) is 12.3. The van der Waals surface area contributed by atoms with E-state index in [0.29, 0.717) is 6.54 Å². The van der Waals surface area contributed by atoms with Crippen molar-refractivity contribution in [3.8, 4) is 0 Å². The van der Waals surface area contributed by atoms with Crippen molar-refractivity contribution in [1.29, 1.82) is 0 Å². The summed E-state index contributed by atoms with van der Waals surface area (Å²) in [4.78, 5) is 23.1. The summed E-state index contributed by atoms with van der Waals surface area (Å²) in [6.07, 6.45) is 3.59. The summed E-state index contributed by atoms with van der Waals surface area (Å²) in [5.74, 6) is -1.02. The molecule has 1 aliphatic rings. The molecule has 5 nitrogen and oxygen atoms in total. The fourth-order valence-electron chi connectivity index (χ4n) is 2.36. The largest absolute Gasteiger partial charge is 0.480 e. The minimum absolute atomic E-state index is 0.246. The summed E-state index contributed by atoms with van der Waals surface area (Å²) in [7, 11) is 0. The molecule has 0 radical (unpaired) electrons. The van der Waals surface area contributed by atoms with Crippen LogP contribution in [0.5, 0.6) is 0 Å². The lowest BCUT2D eigenvalue weighted by atomic mass is 10.0. The van der Waals surface area contributed by atoms with Crippen LogP contribution in [0.25, 0.3) is 0 Å². The van der Waals surface area contributed by atoms with Crippen molar-refractivity contribution in [1.82, 2.24) is 10.6 Å². The highest BCUT2D eigenvalue weighted by atomic mass is 16.4. The smallest absolute Gasteiger partial charge is 0.326 e. The third-order valence-electron chi connectivity index (χ3n) is 4.22. The summed E-state index contributed by atoms with van der Waals surface area (Å²) in [5.41, 5.74) is 1.13. The molecule has 0 heterocycles. The number of carboxylic acids is 1. The number of rotatable bonds is 7. The van der Waals surface area contributed by atoms with Gasteiger partial charge in [0.1, 0.15) is 6.04 Å². The van der Waals surface area contributed by atoms with E-state index in [4.69, 9.17) is 0 Å². The molecular weight excluding hydrogens is 268 g/mol. The van der Waals surface area contributed by atoms with Crippen LogP contribution in [0.3, 0.4) is 0 Å². The number of hydrogen-bond acceptors (Lipinski definition) is 2. The molecule has 3 N–H and O–H groups in total. The van der Waals surface area contributed by atoms with Gasteiger partial charge in [-0.3, -0.25) is 0 Å². The summed E-state index contributed by atoms with van der Waals surface area (Å²) in [5, 5.41) is 14.6. The van der Waals surface area contributed by atoms with Gasteiger partial charge in [-0.05, 0) is 30.2 Å². The molecule has 1 saturated carbocycles. The maximum atomic E-state index is 11.9. The minimum atomic E-state index is -1.02. The van der Waals surface area contributed by atoms with Crippen molar-refractivity contribution in [2.24, 2.45) is 5.41 Å². The Balaban J connectivity index is 1.84. The van der Waals surface area contributed by atoms with Crippen molar-refractivity contribution < 1.29 is 14.7 Å². The third-order valence-corrected chi connectivity index (χ3v) is 4.22. The maximum Gasteiger partial charge on any atom is 0.326 e. The molecule has 1 aromatic carbocycles. The molecule has 5 heteroatoms. The van der Waals surface area contributed by atoms with Gasteiger partial charge < -0.3 is 15.7 Å². The Labute approximate surface area is 124 Å². The number of carboxylic acid groups (broad SMARTS) is 1. The number of carbonyl (C=O) groups excluding carboxylic acids is 1.